The maximum absolute atomic E-state index is 12.8. The summed E-state index contributed by atoms with van der Waals surface area (Å²) >= 11 is 15.6. The lowest BCUT2D eigenvalue weighted by Crippen LogP contribution is -2.51. The molecule has 12 nitrogen and oxygen atoms in total. The summed E-state index contributed by atoms with van der Waals surface area (Å²) in [6.45, 7) is 2.72. The first-order valence-corrected chi connectivity index (χ1v) is 15.6. The van der Waals surface area contributed by atoms with Gasteiger partial charge in [0.2, 0.25) is 0 Å². The second-order valence-electron chi connectivity index (χ2n) is 9.98. The predicted molar refractivity (Wildman–Crippen MR) is 196 cm³/mol. The number of nitrogens with one attached hydrogen (secondary N) is 3. The number of rotatable bonds is 8. The minimum absolute atomic E-state index is 0.0611. The summed E-state index contributed by atoms with van der Waals surface area (Å²) in [5.41, 5.74) is 15.7. The topological polar surface area (TPSA) is 171 Å². The predicted octanol–water partition coefficient (Wildman–Crippen LogP) is 5.12. The lowest BCUT2D eigenvalue weighted by molar-refractivity contribution is -0.135. The van der Waals surface area contributed by atoms with Gasteiger partial charge in [0, 0.05) is 29.7 Å². The van der Waals surface area contributed by atoms with Crippen molar-refractivity contribution in [3.63, 3.8) is 0 Å². The van der Waals surface area contributed by atoms with Crippen LogP contribution in [-0.4, -0.2) is 75.9 Å². The number of hydrazone groups is 1. The van der Waals surface area contributed by atoms with Crippen molar-refractivity contribution in [1.29, 1.82) is 0 Å². The van der Waals surface area contributed by atoms with E-state index in [0.717, 1.165) is 11.1 Å². The molecule has 1 aliphatic heterocycles. The zero-order chi connectivity index (χ0) is 36.5. The normalized spacial score (nSPS) is 13.7. The number of halogens is 3. The first-order valence-electron chi connectivity index (χ1n) is 14.4. The minimum Gasteiger partial charge on any atom is -0.480 e. The summed E-state index contributed by atoms with van der Waals surface area (Å²) in [5, 5.41) is 22.0. The first-order chi connectivity index (χ1) is 23.2. The second-order valence-corrected chi connectivity index (χ2v) is 11.2. The number of ether oxygens (including phenoxy) is 1. The van der Waals surface area contributed by atoms with Crippen LogP contribution in [-0.2, 0) is 4.79 Å². The highest BCUT2D eigenvalue weighted by Crippen LogP contribution is 2.30. The molecule has 49 heavy (non-hydrogen) atoms. The van der Waals surface area contributed by atoms with E-state index in [-0.39, 0.29) is 35.4 Å². The molecule has 2 atom stereocenters. The quantitative estimate of drug-likeness (QED) is 0.103. The van der Waals surface area contributed by atoms with Crippen molar-refractivity contribution in [2.24, 2.45) is 16.6 Å². The SMILES string of the molecule is C=CC(C)NC(=S)NN(C)C(N)=S.NCC(=O)O.O=C(Nc1ccc(Cl)cc1)N1CC(c2ccccc2)C(c2ccc(OC(F)F)cc2)=N1. The van der Waals surface area contributed by atoms with Crippen molar-refractivity contribution in [3.8, 4) is 5.75 Å². The number of urea groups is 1. The summed E-state index contributed by atoms with van der Waals surface area (Å²) < 4.78 is 29.3. The number of hydrogen-bond acceptors (Lipinski definition) is 7. The molecule has 8 N–H and O–H groups in total. The molecule has 262 valence electrons. The van der Waals surface area contributed by atoms with Crippen LogP contribution in [0.15, 0.2) is 96.6 Å². The Kier molecular flexibility index (Phi) is 16.8. The second kappa shape index (κ2) is 20.5. The maximum Gasteiger partial charge on any atom is 0.387 e. The average molecular weight is 735 g/mol. The third-order valence-electron chi connectivity index (χ3n) is 6.31. The lowest BCUT2D eigenvalue weighted by Gasteiger charge is -2.21. The fourth-order valence-corrected chi connectivity index (χ4v) is 4.36. The molecule has 4 rings (SSSR count). The number of thiocarbonyl (C=S) groups is 2. The highest BCUT2D eigenvalue weighted by Gasteiger charge is 2.32. The molecule has 0 bridgehead atoms. The Bertz CT molecular complexity index is 1590. The molecule has 0 aromatic heterocycles. The van der Waals surface area contributed by atoms with Gasteiger partial charge in [-0.15, -0.1) is 6.58 Å². The highest BCUT2D eigenvalue weighted by molar-refractivity contribution is 7.80. The van der Waals surface area contributed by atoms with Gasteiger partial charge < -0.3 is 31.9 Å². The van der Waals surface area contributed by atoms with Gasteiger partial charge in [0.05, 0.1) is 18.8 Å². The fourth-order valence-electron chi connectivity index (χ4n) is 3.87. The van der Waals surface area contributed by atoms with Crippen LogP contribution in [0.3, 0.4) is 0 Å². The Hall–Kier alpha value is -4.90. The Morgan fingerprint density at radius 1 is 1.14 bits per heavy atom. The summed E-state index contributed by atoms with van der Waals surface area (Å²) in [7, 11) is 1.69. The van der Waals surface area contributed by atoms with Gasteiger partial charge in [-0.1, -0.05) is 48.0 Å². The van der Waals surface area contributed by atoms with Crippen LogP contribution in [0.1, 0.15) is 24.0 Å². The molecule has 0 spiro atoms. The van der Waals surface area contributed by atoms with Crippen LogP contribution in [0.5, 0.6) is 5.75 Å². The number of aliphatic carboxylic acids is 1. The van der Waals surface area contributed by atoms with Gasteiger partial charge in [-0.3, -0.25) is 15.2 Å². The van der Waals surface area contributed by atoms with Gasteiger partial charge in [-0.2, -0.15) is 13.9 Å². The molecule has 0 radical (unpaired) electrons. The van der Waals surface area contributed by atoms with E-state index in [1.165, 1.54) is 22.2 Å². The molecule has 1 heterocycles. The number of nitrogens with zero attached hydrogens (tertiary/aromatic N) is 3. The van der Waals surface area contributed by atoms with Gasteiger partial charge in [-0.05, 0) is 91.0 Å². The summed E-state index contributed by atoms with van der Waals surface area (Å²) in [4.78, 5) is 22.0. The van der Waals surface area contributed by atoms with Crippen LogP contribution in [0.4, 0.5) is 19.3 Å². The first kappa shape index (κ1) is 40.3. The molecule has 0 saturated carbocycles. The maximum atomic E-state index is 12.8. The van der Waals surface area contributed by atoms with E-state index in [9.17, 15) is 18.4 Å². The van der Waals surface area contributed by atoms with Crippen LogP contribution in [0.25, 0.3) is 0 Å². The number of carboxylic acids is 1. The zero-order valence-corrected chi connectivity index (χ0v) is 28.9. The van der Waals surface area contributed by atoms with Gasteiger partial charge in [0.25, 0.3) is 0 Å². The molecule has 1 aliphatic rings. The van der Waals surface area contributed by atoms with Crippen molar-refractivity contribution in [2.75, 3.05) is 25.5 Å². The van der Waals surface area contributed by atoms with Crippen molar-refractivity contribution in [3.05, 3.63) is 108 Å². The van der Waals surface area contributed by atoms with Crippen molar-refractivity contribution in [2.45, 2.75) is 25.5 Å². The van der Waals surface area contributed by atoms with Crippen molar-refractivity contribution >= 4 is 69.7 Å². The monoisotopic (exact) mass is 734 g/mol. The van der Waals surface area contributed by atoms with Crippen molar-refractivity contribution in [1.82, 2.24) is 20.8 Å². The molecule has 17 heteroatoms. The Morgan fingerprint density at radius 3 is 2.24 bits per heavy atom. The smallest absolute Gasteiger partial charge is 0.387 e. The van der Waals surface area contributed by atoms with E-state index in [1.54, 1.807) is 49.5 Å². The number of amides is 2. The molecular weight excluding hydrogens is 698 g/mol. The molecular formula is C32H37ClF2N8O4S2. The number of carbonyl (C=O) groups is 2. The molecule has 2 amide bonds. The number of nitrogens with two attached hydrogens (primary N) is 2. The van der Waals surface area contributed by atoms with Gasteiger partial charge in [0.15, 0.2) is 10.2 Å². The number of carbonyl (C=O) groups excluding carboxylic acids is 1. The number of benzene rings is 3. The van der Waals surface area contributed by atoms with Crippen LogP contribution in [0, 0.1) is 0 Å². The Labute approximate surface area is 298 Å². The highest BCUT2D eigenvalue weighted by atomic mass is 35.5. The summed E-state index contributed by atoms with van der Waals surface area (Å²) in [5.74, 6) is -1.07. The summed E-state index contributed by atoms with van der Waals surface area (Å²) in [6, 6.07) is 22.4. The zero-order valence-electron chi connectivity index (χ0n) is 26.6. The van der Waals surface area contributed by atoms with Gasteiger partial charge in [0.1, 0.15) is 5.75 Å². The van der Waals surface area contributed by atoms with Crippen LogP contribution >= 0.6 is 36.0 Å². The van der Waals surface area contributed by atoms with E-state index < -0.39 is 12.6 Å². The van der Waals surface area contributed by atoms with E-state index in [1.807, 2.05) is 37.3 Å². The Morgan fingerprint density at radius 2 is 1.73 bits per heavy atom. The average Bonchev–Trinajstić information content (AvgIpc) is 3.52. The van der Waals surface area contributed by atoms with Gasteiger partial charge in [-0.25, -0.2) is 9.80 Å². The number of hydrogen-bond donors (Lipinski definition) is 6. The number of anilines is 1. The third kappa shape index (κ3) is 14.4. The summed E-state index contributed by atoms with van der Waals surface area (Å²) in [6.07, 6.45) is 1.74. The van der Waals surface area contributed by atoms with E-state index >= 15 is 0 Å². The third-order valence-corrected chi connectivity index (χ3v) is 7.04. The molecule has 2 unspecified atom stereocenters. The molecule has 0 saturated heterocycles. The van der Waals surface area contributed by atoms with Crippen LogP contribution < -0.4 is 32.3 Å². The van der Waals surface area contributed by atoms with E-state index in [4.69, 9.17) is 46.9 Å². The van der Waals surface area contributed by atoms with E-state index in [0.29, 0.717) is 28.1 Å². The fraction of sp³-hybridized carbons (Fsp3) is 0.219. The standard InChI is InChI=1S/C23H18ClF2N3O2.C7H14N4S2.C2H5NO2/c24-17-8-10-18(11-9-17)27-23(30)29-14-20(15-4-2-1-3-5-15)21(28-29)16-6-12-19(13-7-16)31-22(25)26;1-4-5(2)9-7(13)10-11(3)6(8)12;3-1-2(4)5/h1-13,20,22H,14H2,(H,27,30);4-5H,1H2,2-3H3,(H2,8,12)(H2,9,10,13);1,3H2,(H,4,5). The van der Waals surface area contributed by atoms with Gasteiger partial charge >= 0.3 is 18.6 Å². The number of hydrazine groups is 1. The van der Waals surface area contributed by atoms with Crippen molar-refractivity contribution < 1.29 is 28.2 Å². The largest absolute Gasteiger partial charge is 0.480 e. The molecule has 3 aromatic rings. The number of alkyl halides is 2. The molecule has 3 aromatic carbocycles. The van der Waals surface area contributed by atoms with E-state index in [2.05, 4.69) is 38.2 Å². The molecule has 0 fully saturated rings. The lowest BCUT2D eigenvalue weighted by atomic mass is 9.90. The van der Waals surface area contributed by atoms with Crippen LogP contribution in [0.2, 0.25) is 5.02 Å². The Balaban J connectivity index is 0.000000386. The number of carboxylic acid groups (broad SMARTS) is 1. The molecule has 0 aliphatic carbocycles. The minimum atomic E-state index is -2.89.